The minimum atomic E-state index is -0.912. The van der Waals surface area contributed by atoms with E-state index in [0.29, 0.717) is 37.6 Å². The predicted molar refractivity (Wildman–Crippen MR) is 84.9 cm³/mol. The number of nitrogens with two attached hydrogens (primary N) is 1. The Hall–Kier alpha value is -2.41. The van der Waals surface area contributed by atoms with E-state index in [-0.39, 0.29) is 5.91 Å². The third-order valence-corrected chi connectivity index (χ3v) is 3.84. The fraction of sp³-hybridized carbons (Fsp3) is 0.438. The van der Waals surface area contributed by atoms with Gasteiger partial charge in [-0.2, -0.15) is 0 Å². The lowest BCUT2D eigenvalue weighted by Gasteiger charge is -2.27. The maximum absolute atomic E-state index is 12.5. The van der Waals surface area contributed by atoms with Crippen LogP contribution >= 0.6 is 0 Å². The van der Waals surface area contributed by atoms with E-state index >= 15 is 0 Å². The summed E-state index contributed by atoms with van der Waals surface area (Å²) in [7, 11) is 0. The molecule has 1 aliphatic rings. The summed E-state index contributed by atoms with van der Waals surface area (Å²) in [5, 5.41) is 2.62. The lowest BCUT2D eigenvalue weighted by atomic mass is 10.1. The van der Waals surface area contributed by atoms with Crippen LogP contribution in [0.15, 0.2) is 18.2 Å². The van der Waals surface area contributed by atoms with Crippen molar-refractivity contribution in [2.45, 2.75) is 13.8 Å². The second-order valence-electron chi connectivity index (χ2n) is 5.55. The molecule has 7 nitrogen and oxygen atoms in total. The van der Waals surface area contributed by atoms with E-state index in [4.69, 9.17) is 10.5 Å². The van der Waals surface area contributed by atoms with Crippen LogP contribution in [0, 0.1) is 12.8 Å². The lowest BCUT2D eigenvalue weighted by molar-refractivity contribution is -0.129. The van der Waals surface area contributed by atoms with Crippen molar-refractivity contribution in [3.63, 3.8) is 0 Å². The van der Waals surface area contributed by atoms with Crippen molar-refractivity contribution in [2.75, 3.05) is 31.6 Å². The van der Waals surface area contributed by atoms with E-state index in [2.05, 4.69) is 5.32 Å². The topological polar surface area (TPSA) is 102 Å². The number of primary amides is 1. The molecule has 1 aromatic carbocycles. The molecule has 1 saturated heterocycles. The number of rotatable bonds is 4. The van der Waals surface area contributed by atoms with Crippen molar-refractivity contribution >= 4 is 23.4 Å². The van der Waals surface area contributed by atoms with Gasteiger partial charge in [-0.1, -0.05) is 0 Å². The maximum Gasteiger partial charge on any atom is 0.254 e. The number of anilines is 1. The Morgan fingerprint density at radius 1 is 1.26 bits per heavy atom. The highest BCUT2D eigenvalue weighted by Gasteiger charge is 2.21. The van der Waals surface area contributed by atoms with E-state index in [1.54, 1.807) is 30.0 Å². The summed E-state index contributed by atoms with van der Waals surface area (Å²) in [5.74, 6) is -2.11. The SMILES string of the molecule is Cc1cc(NC(=O)C(C)C(N)=O)ccc1C(=O)N1CCOCC1. The van der Waals surface area contributed by atoms with Crippen LogP contribution in [-0.4, -0.2) is 48.9 Å². The molecule has 1 aromatic rings. The van der Waals surface area contributed by atoms with Gasteiger partial charge in [-0.25, -0.2) is 0 Å². The van der Waals surface area contributed by atoms with Gasteiger partial charge < -0.3 is 20.7 Å². The fourth-order valence-electron chi connectivity index (χ4n) is 2.30. The monoisotopic (exact) mass is 319 g/mol. The van der Waals surface area contributed by atoms with Gasteiger partial charge in [0.1, 0.15) is 5.92 Å². The highest BCUT2D eigenvalue weighted by Crippen LogP contribution is 2.18. The molecule has 23 heavy (non-hydrogen) atoms. The number of nitrogens with zero attached hydrogens (tertiary/aromatic N) is 1. The third kappa shape index (κ3) is 4.07. The zero-order valence-corrected chi connectivity index (χ0v) is 13.3. The average Bonchev–Trinajstić information content (AvgIpc) is 2.54. The van der Waals surface area contributed by atoms with Crippen molar-refractivity contribution < 1.29 is 19.1 Å². The average molecular weight is 319 g/mol. The number of hydrogen-bond donors (Lipinski definition) is 2. The minimum absolute atomic E-state index is 0.0471. The molecular formula is C16H21N3O4. The van der Waals surface area contributed by atoms with Crippen molar-refractivity contribution in [2.24, 2.45) is 11.7 Å². The molecule has 1 atom stereocenters. The van der Waals surface area contributed by atoms with E-state index in [1.807, 2.05) is 0 Å². The molecule has 0 spiro atoms. The Morgan fingerprint density at radius 3 is 2.48 bits per heavy atom. The molecule has 7 heteroatoms. The number of carbonyl (C=O) groups is 3. The van der Waals surface area contributed by atoms with Gasteiger partial charge in [0.15, 0.2) is 0 Å². The molecule has 1 unspecified atom stereocenters. The summed E-state index contributed by atoms with van der Waals surface area (Å²) < 4.78 is 5.24. The number of benzene rings is 1. The maximum atomic E-state index is 12.5. The molecule has 0 aliphatic carbocycles. The van der Waals surface area contributed by atoms with Gasteiger partial charge in [0.25, 0.3) is 5.91 Å². The molecule has 0 saturated carbocycles. The number of ether oxygens (including phenoxy) is 1. The Balaban J connectivity index is 2.09. The molecule has 2 rings (SSSR count). The van der Waals surface area contributed by atoms with Crippen LogP contribution in [0.3, 0.4) is 0 Å². The fourth-order valence-corrected chi connectivity index (χ4v) is 2.30. The number of nitrogens with one attached hydrogen (secondary N) is 1. The first-order chi connectivity index (χ1) is 10.9. The van der Waals surface area contributed by atoms with E-state index in [9.17, 15) is 14.4 Å². The Kier molecular flexibility index (Phi) is 5.33. The molecular weight excluding hydrogens is 298 g/mol. The molecule has 3 amide bonds. The number of hydrogen-bond acceptors (Lipinski definition) is 4. The first kappa shape index (κ1) is 17.0. The smallest absolute Gasteiger partial charge is 0.254 e. The van der Waals surface area contributed by atoms with Gasteiger partial charge in [0.05, 0.1) is 13.2 Å². The van der Waals surface area contributed by atoms with Crippen LogP contribution in [0.25, 0.3) is 0 Å². The second kappa shape index (κ2) is 7.23. The van der Waals surface area contributed by atoms with Crippen LogP contribution in [0.4, 0.5) is 5.69 Å². The number of carbonyl (C=O) groups excluding carboxylic acids is 3. The zero-order chi connectivity index (χ0) is 17.0. The summed E-state index contributed by atoms with van der Waals surface area (Å²) in [6, 6.07) is 5.03. The van der Waals surface area contributed by atoms with Gasteiger partial charge in [0.2, 0.25) is 11.8 Å². The highest BCUT2D eigenvalue weighted by molar-refractivity contribution is 6.06. The quantitative estimate of drug-likeness (QED) is 0.790. The van der Waals surface area contributed by atoms with Crippen molar-refractivity contribution in [3.8, 4) is 0 Å². The van der Waals surface area contributed by atoms with Gasteiger partial charge >= 0.3 is 0 Å². The molecule has 1 fully saturated rings. The van der Waals surface area contributed by atoms with E-state index in [1.165, 1.54) is 6.92 Å². The molecule has 1 heterocycles. The zero-order valence-electron chi connectivity index (χ0n) is 13.3. The van der Waals surface area contributed by atoms with Gasteiger partial charge in [0, 0.05) is 24.3 Å². The van der Waals surface area contributed by atoms with Gasteiger partial charge in [-0.3, -0.25) is 14.4 Å². The van der Waals surface area contributed by atoms with Crippen LogP contribution in [-0.2, 0) is 14.3 Å². The Labute approximate surface area is 134 Å². The Morgan fingerprint density at radius 2 is 1.91 bits per heavy atom. The second-order valence-corrected chi connectivity index (χ2v) is 5.55. The first-order valence-corrected chi connectivity index (χ1v) is 7.48. The summed E-state index contributed by atoms with van der Waals surface area (Å²) in [5.41, 5.74) is 6.98. The van der Waals surface area contributed by atoms with Crippen LogP contribution in [0.2, 0.25) is 0 Å². The summed E-state index contributed by atoms with van der Waals surface area (Å²) in [4.78, 5) is 37.1. The summed E-state index contributed by atoms with van der Waals surface area (Å²) in [6.45, 7) is 5.50. The van der Waals surface area contributed by atoms with Crippen molar-refractivity contribution in [1.82, 2.24) is 4.90 Å². The minimum Gasteiger partial charge on any atom is -0.378 e. The van der Waals surface area contributed by atoms with Crippen molar-refractivity contribution in [3.05, 3.63) is 29.3 Å². The van der Waals surface area contributed by atoms with E-state index in [0.717, 1.165) is 5.56 Å². The number of aryl methyl sites for hydroxylation is 1. The van der Waals surface area contributed by atoms with Crippen molar-refractivity contribution in [1.29, 1.82) is 0 Å². The molecule has 1 aliphatic heterocycles. The molecule has 3 N–H and O–H groups in total. The Bertz CT molecular complexity index is 624. The van der Waals surface area contributed by atoms with Gasteiger partial charge in [-0.05, 0) is 37.6 Å². The van der Waals surface area contributed by atoms with Gasteiger partial charge in [-0.15, -0.1) is 0 Å². The van der Waals surface area contributed by atoms with Crippen LogP contribution in [0.1, 0.15) is 22.8 Å². The number of morpholine rings is 1. The summed E-state index contributed by atoms with van der Waals surface area (Å²) >= 11 is 0. The largest absolute Gasteiger partial charge is 0.378 e. The number of amides is 3. The normalized spacial score (nSPS) is 15.8. The van der Waals surface area contributed by atoms with Crippen LogP contribution in [0.5, 0.6) is 0 Å². The molecule has 0 aromatic heterocycles. The predicted octanol–water partition coefficient (Wildman–Crippen LogP) is 0.527. The van der Waals surface area contributed by atoms with Crippen LogP contribution < -0.4 is 11.1 Å². The highest BCUT2D eigenvalue weighted by atomic mass is 16.5. The molecule has 0 bridgehead atoms. The molecule has 0 radical (unpaired) electrons. The first-order valence-electron chi connectivity index (χ1n) is 7.48. The third-order valence-electron chi connectivity index (χ3n) is 3.84. The molecule has 124 valence electrons. The lowest BCUT2D eigenvalue weighted by Crippen LogP contribution is -2.40. The summed E-state index contributed by atoms with van der Waals surface area (Å²) in [6.07, 6.45) is 0. The van der Waals surface area contributed by atoms with E-state index < -0.39 is 17.7 Å². The standard InChI is InChI=1S/C16H21N3O4/c1-10-9-12(18-15(21)11(2)14(17)20)3-4-13(10)16(22)19-5-7-23-8-6-19/h3-4,9,11H,5-8H2,1-2H3,(H2,17,20)(H,18,21).